The first kappa shape index (κ1) is 22.2. The molecule has 0 bridgehead atoms. The number of unbranched alkanes of at least 4 members (excludes halogenated alkanes) is 6. The summed E-state index contributed by atoms with van der Waals surface area (Å²) in [7, 11) is -1.22. The van der Waals surface area contributed by atoms with Crippen molar-refractivity contribution in [3.63, 3.8) is 0 Å². The fourth-order valence-electron chi connectivity index (χ4n) is 3.00. The van der Waals surface area contributed by atoms with Crippen LogP contribution in [-0.2, 0) is 0 Å². The SMILES string of the molecule is CCCCCCC(O)CC(CCCCCC)C[Se](C)(C)I. The molecule has 0 heterocycles. The van der Waals surface area contributed by atoms with Gasteiger partial charge in [0.05, 0.1) is 0 Å². The van der Waals surface area contributed by atoms with Crippen molar-refractivity contribution in [1.29, 1.82) is 0 Å². The molecule has 0 aromatic carbocycles. The average Bonchev–Trinajstić information content (AvgIpc) is 2.38. The molecule has 0 aliphatic rings. The van der Waals surface area contributed by atoms with E-state index in [2.05, 4.69) is 45.8 Å². The molecule has 1 N–H and O–H groups in total. The molecule has 0 radical (unpaired) electrons. The Labute approximate surface area is 148 Å². The topological polar surface area (TPSA) is 20.2 Å². The molecule has 3 heteroatoms. The van der Waals surface area contributed by atoms with E-state index in [0.717, 1.165) is 18.8 Å². The van der Waals surface area contributed by atoms with E-state index in [1.807, 2.05) is 0 Å². The number of halogens is 1. The number of rotatable bonds is 14. The van der Waals surface area contributed by atoms with E-state index >= 15 is 0 Å². The maximum atomic E-state index is 10.3. The molecule has 0 aromatic rings. The molecule has 1 nitrogen and oxygen atoms in total. The Bertz CT molecular complexity index is 228. The van der Waals surface area contributed by atoms with Crippen molar-refractivity contribution in [3.05, 3.63) is 0 Å². The number of hydrogen-bond acceptors (Lipinski definition) is 1. The van der Waals surface area contributed by atoms with Crippen molar-refractivity contribution >= 4 is 29.9 Å². The van der Waals surface area contributed by atoms with Crippen LogP contribution in [0.1, 0.15) is 84.5 Å². The fourth-order valence-corrected chi connectivity index (χ4v) is 8.63. The standard InChI is InChI=1S/C18H39IOSe/c1-5-7-9-11-13-17(16-21(3,4)19)15-18(20)14-12-10-8-6-2/h17-18,20H,5-16H2,1-4H3. The second-order valence-electron chi connectivity index (χ2n) is 7.02. The minimum absolute atomic E-state index is 0.0474. The van der Waals surface area contributed by atoms with Crippen molar-refractivity contribution < 1.29 is 5.11 Å². The van der Waals surface area contributed by atoms with Gasteiger partial charge >= 0.3 is 149 Å². The molecule has 0 fully saturated rings. The zero-order valence-corrected chi connectivity index (χ0v) is 18.7. The van der Waals surface area contributed by atoms with Gasteiger partial charge in [-0.25, -0.2) is 0 Å². The molecule has 0 spiro atoms. The van der Waals surface area contributed by atoms with Gasteiger partial charge in [-0.05, 0) is 0 Å². The van der Waals surface area contributed by atoms with Gasteiger partial charge in [-0.1, -0.05) is 0 Å². The molecular weight excluding hydrogens is 438 g/mol. The summed E-state index contributed by atoms with van der Waals surface area (Å²) in [6.07, 6.45) is 13.9. The molecule has 130 valence electrons. The summed E-state index contributed by atoms with van der Waals surface area (Å²) in [6.45, 7) is 4.52. The van der Waals surface area contributed by atoms with Gasteiger partial charge in [0.25, 0.3) is 0 Å². The molecule has 0 saturated carbocycles. The first-order valence-corrected chi connectivity index (χ1v) is 18.8. The Hall–Kier alpha value is 1.21. The number of aliphatic hydroxyl groups is 1. The van der Waals surface area contributed by atoms with Crippen LogP contribution in [0.3, 0.4) is 0 Å². The van der Waals surface area contributed by atoms with Crippen LogP contribution in [0.4, 0.5) is 0 Å². The van der Waals surface area contributed by atoms with E-state index in [1.54, 1.807) is 0 Å². The third-order valence-corrected chi connectivity index (χ3v) is 8.61. The second-order valence-corrected chi connectivity index (χ2v) is 26.0. The Morgan fingerprint density at radius 3 is 1.86 bits per heavy atom. The molecule has 0 aliphatic carbocycles. The van der Waals surface area contributed by atoms with E-state index in [-0.39, 0.29) is 6.10 Å². The van der Waals surface area contributed by atoms with E-state index < -0.39 is 9.60 Å². The third kappa shape index (κ3) is 15.9. The van der Waals surface area contributed by atoms with Crippen LogP contribution in [0.2, 0.25) is 17.0 Å². The van der Waals surface area contributed by atoms with Crippen LogP contribution in [0.25, 0.3) is 0 Å². The van der Waals surface area contributed by atoms with Crippen LogP contribution in [-0.4, -0.2) is 20.8 Å². The Kier molecular flexibility index (Phi) is 14.4. The van der Waals surface area contributed by atoms with E-state index in [0.29, 0.717) is 0 Å². The maximum absolute atomic E-state index is 10.3. The summed E-state index contributed by atoms with van der Waals surface area (Å²) < 4.78 is 0. The second kappa shape index (κ2) is 13.6. The average molecular weight is 477 g/mol. The van der Waals surface area contributed by atoms with Gasteiger partial charge in [0, 0.05) is 0 Å². The molecule has 0 rings (SSSR count). The van der Waals surface area contributed by atoms with E-state index in [4.69, 9.17) is 0 Å². The van der Waals surface area contributed by atoms with E-state index in [9.17, 15) is 5.11 Å². The monoisotopic (exact) mass is 478 g/mol. The zero-order valence-electron chi connectivity index (χ0n) is 14.9. The van der Waals surface area contributed by atoms with Crippen molar-refractivity contribution in [1.82, 2.24) is 0 Å². The van der Waals surface area contributed by atoms with Crippen molar-refractivity contribution in [3.8, 4) is 0 Å². The normalized spacial score (nSPS) is 15.9. The summed E-state index contributed by atoms with van der Waals surface area (Å²) in [5, 5.41) is 11.7. The van der Waals surface area contributed by atoms with Crippen LogP contribution < -0.4 is 0 Å². The molecular formula is C18H39IOSe. The van der Waals surface area contributed by atoms with Crippen LogP contribution in [0.5, 0.6) is 0 Å². The molecule has 0 aromatic heterocycles. The summed E-state index contributed by atoms with van der Waals surface area (Å²) >= 11 is 2.72. The van der Waals surface area contributed by atoms with Gasteiger partial charge in [0.1, 0.15) is 0 Å². The number of aliphatic hydroxyl groups excluding tert-OH is 1. The van der Waals surface area contributed by atoms with Crippen LogP contribution >= 0.6 is 20.3 Å². The summed E-state index contributed by atoms with van der Waals surface area (Å²) in [4.78, 5) is 0. The Morgan fingerprint density at radius 2 is 1.38 bits per heavy atom. The minimum atomic E-state index is -1.22. The first-order chi connectivity index (χ1) is 9.89. The van der Waals surface area contributed by atoms with E-state index in [1.165, 1.54) is 63.1 Å². The Balaban J connectivity index is 4.06. The summed E-state index contributed by atoms with van der Waals surface area (Å²) in [5.41, 5.74) is 0. The van der Waals surface area contributed by atoms with Crippen LogP contribution in [0.15, 0.2) is 0 Å². The van der Waals surface area contributed by atoms with Gasteiger partial charge in [0.15, 0.2) is 0 Å². The molecule has 21 heavy (non-hydrogen) atoms. The van der Waals surface area contributed by atoms with Crippen molar-refractivity contribution in [2.75, 3.05) is 0 Å². The fraction of sp³-hybridized carbons (Fsp3) is 1.00. The van der Waals surface area contributed by atoms with Crippen molar-refractivity contribution in [2.24, 2.45) is 5.92 Å². The van der Waals surface area contributed by atoms with Gasteiger partial charge in [-0.2, -0.15) is 0 Å². The van der Waals surface area contributed by atoms with Gasteiger partial charge < -0.3 is 0 Å². The molecule has 0 aliphatic heterocycles. The molecule has 0 saturated heterocycles. The summed E-state index contributed by atoms with van der Waals surface area (Å²) in [5.74, 6) is 5.72. The quantitative estimate of drug-likeness (QED) is 0.163. The predicted octanol–water partition coefficient (Wildman–Crippen LogP) is 6.93. The predicted molar refractivity (Wildman–Crippen MR) is 108 cm³/mol. The zero-order chi connectivity index (χ0) is 16.1. The van der Waals surface area contributed by atoms with Gasteiger partial charge in [0.2, 0.25) is 0 Å². The number of hydrogen-bond donors (Lipinski definition) is 1. The van der Waals surface area contributed by atoms with Gasteiger partial charge in [-0.3, -0.25) is 0 Å². The van der Waals surface area contributed by atoms with Crippen molar-refractivity contribution in [2.45, 2.75) is 108 Å². The molecule has 0 amide bonds. The van der Waals surface area contributed by atoms with Gasteiger partial charge in [-0.15, -0.1) is 0 Å². The first-order valence-electron chi connectivity index (χ1n) is 8.97. The molecule has 2 atom stereocenters. The van der Waals surface area contributed by atoms with Crippen LogP contribution in [0, 0.1) is 5.92 Å². The third-order valence-electron chi connectivity index (χ3n) is 4.09. The molecule has 2 unspecified atom stereocenters. The Morgan fingerprint density at radius 1 is 0.857 bits per heavy atom. The summed E-state index contributed by atoms with van der Waals surface area (Å²) in [6, 6.07) is 0.